The SMILES string of the molecule is CCc1c(/C=C/C(c2cc(Cl)c(Cl)c(Cl)c2)C(F)(F)F)ccc(C(=O)O)c1C(F)(F)F. The molecule has 2 aromatic carbocycles. The highest BCUT2D eigenvalue weighted by Crippen LogP contribution is 2.42. The van der Waals surface area contributed by atoms with Gasteiger partial charge in [0.05, 0.1) is 32.1 Å². The van der Waals surface area contributed by atoms with Gasteiger partial charge in [-0.1, -0.05) is 59.9 Å². The van der Waals surface area contributed by atoms with Crippen molar-refractivity contribution in [3.63, 3.8) is 0 Å². The van der Waals surface area contributed by atoms with Crippen molar-refractivity contribution in [3.8, 4) is 0 Å². The second-order valence-electron chi connectivity index (χ2n) is 6.39. The molecule has 0 bridgehead atoms. The van der Waals surface area contributed by atoms with E-state index >= 15 is 0 Å². The first kappa shape index (κ1) is 25.4. The molecule has 31 heavy (non-hydrogen) atoms. The molecule has 0 aliphatic carbocycles. The lowest BCUT2D eigenvalue weighted by Gasteiger charge is -2.20. The Morgan fingerprint density at radius 1 is 1.06 bits per heavy atom. The molecule has 2 rings (SSSR count). The van der Waals surface area contributed by atoms with Gasteiger partial charge >= 0.3 is 18.3 Å². The Bertz CT molecular complexity index is 1010. The van der Waals surface area contributed by atoms with Gasteiger partial charge in [-0.3, -0.25) is 0 Å². The lowest BCUT2D eigenvalue weighted by Crippen LogP contribution is -2.19. The quantitative estimate of drug-likeness (QED) is 0.328. The second-order valence-corrected chi connectivity index (χ2v) is 7.58. The van der Waals surface area contributed by atoms with Gasteiger partial charge in [0.25, 0.3) is 0 Å². The number of rotatable bonds is 5. The van der Waals surface area contributed by atoms with Crippen LogP contribution in [0.15, 0.2) is 30.3 Å². The number of aromatic carboxylic acids is 1. The summed E-state index contributed by atoms with van der Waals surface area (Å²) in [4.78, 5) is 11.2. The highest BCUT2D eigenvalue weighted by Gasteiger charge is 2.40. The number of benzene rings is 2. The van der Waals surface area contributed by atoms with Crippen LogP contribution < -0.4 is 0 Å². The molecular formula is C20H13Cl3F6O2. The number of carbonyl (C=O) groups is 1. The van der Waals surface area contributed by atoms with Crippen LogP contribution in [0.4, 0.5) is 26.3 Å². The van der Waals surface area contributed by atoms with E-state index in [1.165, 1.54) is 6.92 Å². The minimum Gasteiger partial charge on any atom is -0.478 e. The molecule has 0 aliphatic heterocycles. The lowest BCUT2D eigenvalue weighted by atomic mass is 9.91. The van der Waals surface area contributed by atoms with E-state index in [0.29, 0.717) is 12.1 Å². The minimum atomic E-state index is -5.01. The van der Waals surface area contributed by atoms with Gasteiger partial charge in [0.2, 0.25) is 0 Å². The van der Waals surface area contributed by atoms with Crippen molar-refractivity contribution in [3.05, 3.63) is 73.2 Å². The van der Waals surface area contributed by atoms with Crippen molar-refractivity contribution in [2.45, 2.75) is 31.6 Å². The molecule has 0 spiro atoms. The van der Waals surface area contributed by atoms with E-state index in [-0.39, 0.29) is 32.6 Å². The van der Waals surface area contributed by atoms with E-state index < -0.39 is 40.9 Å². The Balaban J connectivity index is 2.66. The second kappa shape index (κ2) is 9.30. The van der Waals surface area contributed by atoms with Gasteiger partial charge in [0, 0.05) is 0 Å². The van der Waals surface area contributed by atoms with E-state index in [4.69, 9.17) is 39.9 Å². The highest BCUT2D eigenvalue weighted by atomic mass is 35.5. The molecule has 1 unspecified atom stereocenters. The van der Waals surface area contributed by atoms with Crippen molar-refractivity contribution < 1.29 is 36.2 Å². The average Bonchev–Trinajstić information content (AvgIpc) is 2.63. The summed E-state index contributed by atoms with van der Waals surface area (Å²) in [5.41, 5.74) is -3.37. The first-order valence-corrected chi connectivity index (χ1v) is 9.67. The van der Waals surface area contributed by atoms with Crippen LogP contribution in [0.5, 0.6) is 0 Å². The molecule has 0 fully saturated rings. The van der Waals surface area contributed by atoms with E-state index in [1.54, 1.807) is 0 Å². The molecule has 2 aromatic rings. The third kappa shape index (κ3) is 5.67. The van der Waals surface area contributed by atoms with E-state index in [9.17, 15) is 31.1 Å². The van der Waals surface area contributed by atoms with Crippen molar-refractivity contribution >= 4 is 46.8 Å². The first-order valence-electron chi connectivity index (χ1n) is 8.54. The van der Waals surface area contributed by atoms with Gasteiger partial charge in [0.1, 0.15) is 0 Å². The minimum absolute atomic E-state index is 0.135. The zero-order valence-corrected chi connectivity index (χ0v) is 17.8. The van der Waals surface area contributed by atoms with Crippen LogP contribution in [0.25, 0.3) is 6.08 Å². The molecule has 2 nitrogen and oxygen atoms in total. The zero-order chi connectivity index (χ0) is 23.7. The fourth-order valence-corrected chi connectivity index (χ4v) is 3.68. The maximum Gasteiger partial charge on any atom is 0.417 e. The summed E-state index contributed by atoms with van der Waals surface area (Å²) in [5.74, 6) is -4.05. The summed E-state index contributed by atoms with van der Waals surface area (Å²) in [5, 5.41) is 8.52. The summed E-state index contributed by atoms with van der Waals surface area (Å²) in [6.45, 7) is 1.34. The molecule has 1 atom stereocenters. The summed E-state index contributed by atoms with van der Waals surface area (Å²) in [7, 11) is 0. The molecule has 0 amide bonds. The van der Waals surface area contributed by atoms with Gasteiger partial charge in [-0.25, -0.2) is 4.79 Å². The van der Waals surface area contributed by atoms with Crippen LogP contribution in [0.3, 0.4) is 0 Å². The standard InChI is InChI=1S/C20H13Cl3F6O2/c1-2-11-9(3-5-12(18(30)31)16(11)20(27,28)29)4-6-13(19(24,25)26)10-7-14(21)17(23)15(22)8-10/h3-8,13H,2H2,1H3,(H,30,31)/b6-4+. The van der Waals surface area contributed by atoms with Crippen molar-refractivity contribution in [2.75, 3.05) is 0 Å². The Kier molecular flexibility index (Phi) is 7.61. The molecule has 1 N–H and O–H groups in total. The smallest absolute Gasteiger partial charge is 0.417 e. The Hall–Kier alpha value is -1.90. The number of carboxylic acids is 1. The van der Waals surface area contributed by atoms with Crippen LogP contribution in [0.2, 0.25) is 15.1 Å². The third-order valence-electron chi connectivity index (χ3n) is 4.40. The maximum atomic E-state index is 13.7. The number of hydrogen-bond acceptors (Lipinski definition) is 1. The maximum absolute atomic E-state index is 13.7. The molecule has 168 valence electrons. The Morgan fingerprint density at radius 2 is 1.61 bits per heavy atom. The van der Waals surface area contributed by atoms with Crippen LogP contribution in [0, 0.1) is 0 Å². The van der Waals surface area contributed by atoms with E-state index in [1.807, 2.05) is 0 Å². The summed E-state index contributed by atoms with van der Waals surface area (Å²) in [6.07, 6.45) is -8.56. The molecule has 0 heterocycles. The highest BCUT2D eigenvalue weighted by molar-refractivity contribution is 6.48. The van der Waals surface area contributed by atoms with Gasteiger partial charge in [-0.05, 0) is 41.3 Å². The monoisotopic (exact) mass is 504 g/mol. The van der Waals surface area contributed by atoms with Crippen molar-refractivity contribution in [1.82, 2.24) is 0 Å². The van der Waals surface area contributed by atoms with Gasteiger partial charge in [-0.15, -0.1) is 0 Å². The fourth-order valence-electron chi connectivity index (χ4n) is 3.07. The molecule has 0 aliphatic rings. The van der Waals surface area contributed by atoms with E-state index in [0.717, 1.165) is 24.3 Å². The molecule has 0 saturated carbocycles. The largest absolute Gasteiger partial charge is 0.478 e. The molecule has 11 heteroatoms. The lowest BCUT2D eigenvalue weighted by molar-refractivity contribution is -0.140. The van der Waals surface area contributed by atoms with E-state index in [2.05, 4.69) is 0 Å². The van der Waals surface area contributed by atoms with Crippen molar-refractivity contribution in [1.29, 1.82) is 0 Å². The van der Waals surface area contributed by atoms with Gasteiger partial charge in [0.15, 0.2) is 0 Å². The van der Waals surface area contributed by atoms with Crippen molar-refractivity contribution in [2.24, 2.45) is 0 Å². The Labute approximate surface area is 188 Å². The summed E-state index contributed by atoms with van der Waals surface area (Å²) < 4.78 is 81.5. The predicted molar refractivity (Wildman–Crippen MR) is 107 cm³/mol. The number of hydrogen-bond donors (Lipinski definition) is 1. The number of alkyl halides is 6. The van der Waals surface area contributed by atoms with Crippen LogP contribution >= 0.6 is 34.8 Å². The van der Waals surface area contributed by atoms with Crippen LogP contribution in [-0.2, 0) is 12.6 Å². The topological polar surface area (TPSA) is 37.3 Å². The summed E-state index contributed by atoms with van der Waals surface area (Å²) >= 11 is 17.4. The van der Waals surface area contributed by atoms with Gasteiger partial charge < -0.3 is 5.11 Å². The normalized spacial score (nSPS) is 13.6. The molecular weight excluding hydrogens is 493 g/mol. The summed E-state index contributed by atoms with van der Waals surface area (Å²) in [6, 6.07) is 3.67. The molecule has 0 saturated heterocycles. The number of halogens is 9. The van der Waals surface area contributed by atoms with Crippen LogP contribution in [0.1, 0.15) is 45.5 Å². The zero-order valence-electron chi connectivity index (χ0n) is 15.5. The Morgan fingerprint density at radius 3 is 2.03 bits per heavy atom. The molecule has 0 aromatic heterocycles. The van der Waals surface area contributed by atoms with Crippen LogP contribution in [-0.4, -0.2) is 17.3 Å². The average molecular weight is 506 g/mol. The molecule has 0 radical (unpaired) electrons. The number of allylic oxidation sites excluding steroid dienone is 1. The third-order valence-corrected chi connectivity index (χ3v) is 5.60. The first-order chi connectivity index (χ1) is 14.2. The fraction of sp³-hybridized carbons (Fsp3) is 0.250. The number of carboxylic acid groups (broad SMARTS) is 1. The predicted octanol–water partition coefficient (Wildman–Crippen LogP) is 8.29. The van der Waals surface area contributed by atoms with Gasteiger partial charge in [-0.2, -0.15) is 26.3 Å².